The van der Waals surface area contributed by atoms with Crippen LogP contribution in [0.15, 0.2) is 59.0 Å². The molecule has 33 heavy (non-hydrogen) atoms. The van der Waals surface area contributed by atoms with Crippen molar-refractivity contribution in [3.8, 4) is 5.75 Å². The second-order valence-corrected chi connectivity index (χ2v) is 9.75. The van der Waals surface area contributed by atoms with E-state index in [1.165, 1.54) is 0 Å². The number of fused-ring (bicyclic) bond motifs is 1. The van der Waals surface area contributed by atoms with Crippen molar-refractivity contribution in [2.24, 2.45) is 0 Å². The molecule has 1 atom stereocenters. The lowest BCUT2D eigenvalue weighted by Crippen LogP contribution is -2.49. The van der Waals surface area contributed by atoms with Crippen LogP contribution in [-0.2, 0) is 27.8 Å². The Balaban J connectivity index is 1.49. The Kier molecular flexibility index (Phi) is 7.02. The summed E-state index contributed by atoms with van der Waals surface area (Å²) in [5, 5.41) is 0.973. The number of carbonyl (C=O) groups excluding carboxylic acids is 1. The van der Waals surface area contributed by atoms with Crippen LogP contribution in [0.1, 0.15) is 24.2 Å². The average Bonchev–Trinajstić information content (AvgIpc) is 3.45. The number of amides is 1. The van der Waals surface area contributed by atoms with E-state index in [-0.39, 0.29) is 18.5 Å². The molecule has 1 aromatic heterocycles. The summed E-state index contributed by atoms with van der Waals surface area (Å²) in [5.41, 5.74) is 1.67. The van der Waals surface area contributed by atoms with Crippen molar-refractivity contribution >= 4 is 27.0 Å². The third-order valence-corrected chi connectivity index (χ3v) is 6.31. The summed E-state index contributed by atoms with van der Waals surface area (Å²) in [6.45, 7) is 1.82. The Morgan fingerprint density at radius 2 is 1.91 bits per heavy atom. The maximum atomic E-state index is 13.2. The number of carbonyl (C=O) groups is 1. The van der Waals surface area contributed by atoms with Gasteiger partial charge in [0.1, 0.15) is 17.1 Å². The van der Waals surface area contributed by atoms with E-state index >= 15 is 0 Å². The summed E-state index contributed by atoms with van der Waals surface area (Å²) >= 11 is 0. The topological polar surface area (TPSA) is 100 Å². The molecule has 1 unspecified atom stereocenters. The molecule has 2 heterocycles. The fourth-order valence-corrected chi connectivity index (χ4v) is 4.52. The van der Waals surface area contributed by atoms with Crippen LogP contribution in [0, 0.1) is 0 Å². The first-order chi connectivity index (χ1) is 15.8. The molecule has 4 rings (SSSR count). The molecule has 0 saturated carbocycles. The fourth-order valence-electron chi connectivity index (χ4n) is 4.23. The van der Waals surface area contributed by atoms with E-state index in [0.29, 0.717) is 17.9 Å². The van der Waals surface area contributed by atoms with Crippen molar-refractivity contribution in [1.29, 1.82) is 0 Å². The Hall–Kier alpha value is -2.88. The minimum atomic E-state index is -4.23. The second kappa shape index (κ2) is 9.94. The zero-order valence-electron chi connectivity index (χ0n) is 18.5. The quantitative estimate of drug-likeness (QED) is 0.477. The van der Waals surface area contributed by atoms with E-state index in [4.69, 9.17) is 13.7 Å². The predicted molar refractivity (Wildman–Crippen MR) is 124 cm³/mol. The van der Waals surface area contributed by atoms with Crippen LogP contribution in [0.5, 0.6) is 5.75 Å². The van der Waals surface area contributed by atoms with E-state index < -0.39 is 16.1 Å². The largest absolute Gasteiger partial charge is 0.475 e. The summed E-state index contributed by atoms with van der Waals surface area (Å²) < 4.78 is 41.9. The van der Waals surface area contributed by atoms with Gasteiger partial charge in [0.05, 0.1) is 12.6 Å². The summed E-state index contributed by atoms with van der Waals surface area (Å²) in [7, 11) is -2.42. The molecule has 1 amide bonds. The lowest BCUT2D eigenvalue weighted by Gasteiger charge is -2.35. The Morgan fingerprint density at radius 1 is 1.15 bits per heavy atom. The Labute approximate surface area is 193 Å². The lowest BCUT2D eigenvalue weighted by molar-refractivity contribution is -0.135. The fraction of sp³-hybridized carbons (Fsp3) is 0.375. The number of likely N-dealkylation sites (tertiary alicyclic amines) is 1. The highest BCUT2D eigenvalue weighted by Crippen LogP contribution is 2.23. The molecule has 2 aromatic carbocycles. The second-order valence-electron chi connectivity index (χ2n) is 8.35. The maximum Gasteiger partial charge on any atom is 0.300 e. The van der Waals surface area contributed by atoms with Gasteiger partial charge in [0.15, 0.2) is 0 Å². The van der Waals surface area contributed by atoms with Crippen LogP contribution in [0.4, 0.5) is 0 Å². The molecular weight excluding hydrogens is 444 g/mol. The normalized spacial score (nSPS) is 15.6. The average molecular weight is 473 g/mol. The van der Waals surface area contributed by atoms with Crippen LogP contribution < -0.4 is 4.74 Å². The third kappa shape index (κ3) is 6.13. The van der Waals surface area contributed by atoms with E-state index in [1.807, 2.05) is 43.4 Å². The molecule has 0 bridgehead atoms. The highest BCUT2D eigenvalue weighted by Gasteiger charge is 2.29. The Bertz CT molecular complexity index is 1180. The van der Waals surface area contributed by atoms with Crippen LogP contribution in [0.25, 0.3) is 11.0 Å². The maximum absolute atomic E-state index is 13.2. The molecule has 1 saturated heterocycles. The van der Waals surface area contributed by atoms with Gasteiger partial charge in [-0.25, -0.2) is 0 Å². The Morgan fingerprint density at radius 3 is 2.64 bits per heavy atom. The summed E-state index contributed by atoms with van der Waals surface area (Å²) in [5.74, 6) is 0.141. The first-order valence-corrected chi connectivity index (χ1v) is 12.5. The molecule has 1 aliphatic rings. The molecule has 1 N–H and O–H groups in total. The summed E-state index contributed by atoms with van der Waals surface area (Å²) in [6.07, 6.45) is 2.75. The van der Waals surface area contributed by atoms with Gasteiger partial charge in [-0.2, -0.15) is 8.42 Å². The van der Waals surface area contributed by atoms with Crippen LogP contribution >= 0.6 is 0 Å². The van der Waals surface area contributed by atoms with Gasteiger partial charge in [0.25, 0.3) is 0 Å². The zero-order chi connectivity index (χ0) is 23.4. The van der Waals surface area contributed by atoms with Crippen LogP contribution in [0.3, 0.4) is 0 Å². The van der Waals surface area contributed by atoms with E-state index in [0.717, 1.165) is 42.5 Å². The van der Waals surface area contributed by atoms with E-state index in [9.17, 15) is 13.2 Å². The number of furan rings is 1. The first-order valence-electron chi connectivity index (χ1n) is 10.9. The van der Waals surface area contributed by atoms with Crippen molar-refractivity contribution in [3.63, 3.8) is 0 Å². The molecule has 9 heteroatoms. The molecular formula is C24H28N2O6S. The van der Waals surface area contributed by atoms with Gasteiger partial charge >= 0.3 is 10.1 Å². The molecule has 0 radical (unpaired) electrons. The van der Waals surface area contributed by atoms with Crippen LogP contribution in [-0.4, -0.2) is 60.9 Å². The van der Waals surface area contributed by atoms with Crippen molar-refractivity contribution in [2.75, 3.05) is 26.1 Å². The first kappa shape index (κ1) is 23.3. The third-order valence-electron chi connectivity index (χ3n) is 5.90. The van der Waals surface area contributed by atoms with Gasteiger partial charge in [-0.15, -0.1) is 0 Å². The molecule has 176 valence electrons. The number of benzene rings is 2. The zero-order valence-corrected chi connectivity index (χ0v) is 19.3. The molecule has 0 spiro atoms. The molecule has 3 aromatic rings. The summed E-state index contributed by atoms with van der Waals surface area (Å²) in [6, 6.07) is 16.7. The van der Waals surface area contributed by atoms with Crippen molar-refractivity contribution in [2.45, 2.75) is 31.8 Å². The van der Waals surface area contributed by atoms with Gasteiger partial charge in [0, 0.05) is 31.9 Å². The minimum absolute atomic E-state index is 0.0373. The van der Waals surface area contributed by atoms with Crippen molar-refractivity contribution in [1.82, 2.24) is 9.80 Å². The van der Waals surface area contributed by atoms with Gasteiger partial charge in [0.2, 0.25) is 11.8 Å². The summed E-state index contributed by atoms with van der Waals surface area (Å²) in [4.78, 5) is 17.2. The van der Waals surface area contributed by atoms with Crippen LogP contribution in [0.2, 0.25) is 0 Å². The van der Waals surface area contributed by atoms with Gasteiger partial charge in [-0.05, 0) is 42.7 Å². The van der Waals surface area contributed by atoms with Gasteiger partial charge in [-0.1, -0.05) is 30.3 Å². The van der Waals surface area contributed by atoms with Crippen molar-refractivity contribution < 1.29 is 26.9 Å². The highest BCUT2D eigenvalue weighted by molar-refractivity contribution is 7.85. The number of hydrogen-bond acceptors (Lipinski definition) is 6. The molecule has 0 aliphatic carbocycles. The SMILES string of the molecule is CN(C(=O)Cc1cc2ccccc2o1)C(Cc1cccc(OCS(=O)(=O)O)c1)N1CCCC1. The number of para-hydroxylation sites is 1. The minimum Gasteiger partial charge on any atom is -0.475 e. The number of hydrogen-bond donors (Lipinski definition) is 1. The number of nitrogens with zero attached hydrogens (tertiary/aromatic N) is 2. The van der Waals surface area contributed by atoms with Gasteiger partial charge < -0.3 is 14.1 Å². The van der Waals surface area contributed by atoms with E-state index in [1.54, 1.807) is 23.1 Å². The molecule has 8 nitrogen and oxygen atoms in total. The monoisotopic (exact) mass is 472 g/mol. The van der Waals surface area contributed by atoms with Crippen molar-refractivity contribution in [3.05, 3.63) is 65.9 Å². The predicted octanol–water partition coefficient (Wildman–Crippen LogP) is 3.32. The number of likely N-dealkylation sites (N-methyl/N-ethyl adjacent to an activating group) is 1. The molecule has 1 aliphatic heterocycles. The highest BCUT2D eigenvalue weighted by atomic mass is 32.2. The standard InChI is InChI=1S/C24H28N2O6S/c1-25(24(27)16-21-15-19-8-2-3-10-22(19)32-21)23(26-11-4-5-12-26)14-18-7-6-9-20(13-18)31-17-33(28,29)30/h2-3,6-10,13,15,23H,4-5,11-12,14,16-17H2,1H3,(H,28,29,30). The van der Waals surface area contributed by atoms with E-state index in [2.05, 4.69) is 4.90 Å². The smallest absolute Gasteiger partial charge is 0.300 e. The van der Waals surface area contributed by atoms with Gasteiger partial charge in [-0.3, -0.25) is 14.2 Å². The number of rotatable bonds is 9. The number of ether oxygens (including phenoxy) is 1. The molecule has 1 fully saturated rings. The lowest BCUT2D eigenvalue weighted by atomic mass is 10.1.